The number of hydrogen-bond acceptors (Lipinski definition) is 3. The van der Waals surface area contributed by atoms with E-state index in [2.05, 4.69) is 0 Å². The molecule has 0 heterocycles. The van der Waals surface area contributed by atoms with Crippen molar-refractivity contribution in [2.45, 2.75) is 26.7 Å². The molecule has 2 N–H and O–H groups in total. The zero-order valence-electron chi connectivity index (χ0n) is 11.6. The van der Waals surface area contributed by atoms with E-state index in [1.54, 1.807) is 14.1 Å². The Bertz CT molecular complexity index is 318. The summed E-state index contributed by atoms with van der Waals surface area (Å²) in [6.07, 6.45) is 1.45. The normalized spacial score (nSPS) is 11.8. The molecule has 0 rings (SSSR count). The zero-order chi connectivity index (χ0) is 14.3. The lowest BCUT2D eigenvalue weighted by molar-refractivity contribution is -0.140. The minimum atomic E-state index is -0.458. The third kappa shape index (κ3) is 5.00. The first-order valence-electron chi connectivity index (χ1n) is 6.13. The highest BCUT2D eigenvalue weighted by atomic mass is 32.1. The van der Waals surface area contributed by atoms with E-state index in [4.69, 9.17) is 18.0 Å². The molecule has 5 nitrogen and oxygen atoms in total. The lowest BCUT2D eigenvalue weighted by Crippen LogP contribution is -2.45. The molecule has 0 spiro atoms. The number of hydrogen-bond donors (Lipinski definition) is 1. The molecule has 1 unspecified atom stereocenters. The molecule has 0 aromatic carbocycles. The second kappa shape index (κ2) is 8.02. The van der Waals surface area contributed by atoms with Gasteiger partial charge < -0.3 is 15.5 Å². The molecule has 0 radical (unpaired) electrons. The summed E-state index contributed by atoms with van der Waals surface area (Å²) in [5.41, 5.74) is 5.60. The van der Waals surface area contributed by atoms with Crippen molar-refractivity contribution in [3.05, 3.63) is 0 Å². The molecular weight excluding hydrogens is 250 g/mol. The van der Waals surface area contributed by atoms with Crippen molar-refractivity contribution < 1.29 is 9.59 Å². The van der Waals surface area contributed by atoms with Crippen LogP contribution in [0.1, 0.15) is 26.7 Å². The van der Waals surface area contributed by atoms with Crippen molar-refractivity contribution in [1.29, 1.82) is 0 Å². The standard InChI is InChI=1S/C12H23N3O2S/c1-5-7-9(11(13)18)12(17)15(6-2)8-10(16)14(3)4/h9H,5-8H2,1-4H3,(H2,13,18). The molecular formula is C12H23N3O2S. The SMILES string of the molecule is CCCC(C(=O)N(CC)CC(=O)N(C)C)C(N)=S. The number of amides is 2. The summed E-state index contributed by atoms with van der Waals surface area (Å²) in [7, 11) is 3.33. The van der Waals surface area contributed by atoms with Crippen molar-refractivity contribution in [2.24, 2.45) is 11.7 Å². The summed E-state index contributed by atoms with van der Waals surface area (Å²) in [6, 6.07) is 0. The molecule has 2 amide bonds. The van der Waals surface area contributed by atoms with Crippen LogP contribution in [-0.4, -0.2) is 53.8 Å². The summed E-state index contributed by atoms with van der Waals surface area (Å²) in [5.74, 6) is -0.717. The number of likely N-dealkylation sites (N-methyl/N-ethyl adjacent to an activating group) is 2. The van der Waals surface area contributed by atoms with Crippen LogP contribution < -0.4 is 5.73 Å². The Morgan fingerprint density at radius 2 is 1.83 bits per heavy atom. The number of nitrogens with two attached hydrogens (primary N) is 1. The molecule has 0 aliphatic heterocycles. The molecule has 0 aliphatic rings. The average Bonchev–Trinajstić information content (AvgIpc) is 2.31. The lowest BCUT2D eigenvalue weighted by Gasteiger charge is -2.26. The molecule has 18 heavy (non-hydrogen) atoms. The highest BCUT2D eigenvalue weighted by Gasteiger charge is 2.26. The molecule has 104 valence electrons. The number of nitrogens with zero attached hydrogens (tertiary/aromatic N) is 2. The van der Waals surface area contributed by atoms with Crippen LogP contribution >= 0.6 is 12.2 Å². The van der Waals surface area contributed by atoms with Gasteiger partial charge >= 0.3 is 0 Å². The Morgan fingerprint density at radius 3 is 2.17 bits per heavy atom. The maximum absolute atomic E-state index is 12.3. The second-order valence-corrected chi connectivity index (χ2v) is 4.86. The summed E-state index contributed by atoms with van der Waals surface area (Å²) < 4.78 is 0. The first-order valence-corrected chi connectivity index (χ1v) is 6.54. The maximum atomic E-state index is 12.3. The van der Waals surface area contributed by atoms with Crippen molar-refractivity contribution in [2.75, 3.05) is 27.2 Å². The Kier molecular flexibility index (Phi) is 7.50. The van der Waals surface area contributed by atoms with E-state index >= 15 is 0 Å². The van der Waals surface area contributed by atoms with Crippen LogP contribution in [-0.2, 0) is 9.59 Å². The molecule has 0 aliphatic carbocycles. The largest absolute Gasteiger partial charge is 0.393 e. The highest BCUT2D eigenvalue weighted by molar-refractivity contribution is 7.80. The highest BCUT2D eigenvalue weighted by Crippen LogP contribution is 2.11. The van der Waals surface area contributed by atoms with Gasteiger partial charge in [-0.3, -0.25) is 9.59 Å². The van der Waals surface area contributed by atoms with Crippen LogP contribution in [0.15, 0.2) is 0 Å². The predicted octanol–water partition coefficient (Wildman–Crippen LogP) is 0.626. The smallest absolute Gasteiger partial charge is 0.241 e. The minimum Gasteiger partial charge on any atom is -0.393 e. The minimum absolute atomic E-state index is 0.0746. The van der Waals surface area contributed by atoms with Gasteiger partial charge in [0, 0.05) is 20.6 Å². The van der Waals surface area contributed by atoms with E-state index in [-0.39, 0.29) is 23.3 Å². The summed E-state index contributed by atoms with van der Waals surface area (Å²) in [6.45, 7) is 4.36. The summed E-state index contributed by atoms with van der Waals surface area (Å²) in [4.78, 5) is 27.1. The van der Waals surface area contributed by atoms with E-state index in [9.17, 15) is 9.59 Å². The van der Waals surface area contributed by atoms with E-state index < -0.39 is 5.92 Å². The molecule has 0 aromatic heterocycles. The lowest BCUT2D eigenvalue weighted by atomic mass is 10.0. The van der Waals surface area contributed by atoms with Gasteiger partial charge in [-0.15, -0.1) is 0 Å². The first-order chi connectivity index (χ1) is 8.34. The number of carbonyl (C=O) groups is 2. The van der Waals surface area contributed by atoms with E-state index in [0.29, 0.717) is 13.0 Å². The summed E-state index contributed by atoms with van der Waals surface area (Å²) >= 11 is 4.93. The quantitative estimate of drug-likeness (QED) is 0.691. The van der Waals surface area contributed by atoms with Gasteiger partial charge in [0.15, 0.2) is 0 Å². The maximum Gasteiger partial charge on any atom is 0.241 e. The Hall–Kier alpha value is -1.17. The van der Waals surface area contributed by atoms with E-state index in [1.165, 1.54) is 9.80 Å². The van der Waals surface area contributed by atoms with Gasteiger partial charge in [0.2, 0.25) is 11.8 Å². The summed E-state index contributed by atoms with van der Waals surface area (Å²) in [5, 5.41) is 0. The number of carbonyl (C=O) groups excluding carboxylic acids is 2. The van der Waals surface area contributed by atoms with Gasteiger partial charge in [-0.25, -0.2) is 0 Å². The molecule has 0 saturated carbocycles. The topological polar surface area (TPSA) is 66.6 Å². The van der Waals surface area contributed by atoms with E-state index in [1.807, 2.05) is 13.8 Å². The third-order valence-electron chi connectivity index (χ3n) is 2.74. The Labute approximate surface area is 114 Å². The van der Waals surface area contributed by atoms with Gasteiger partial charge in [-0.1, -0.05) is 25.6 Å². The van der Waals surface area contributed by atoms with Crippen LogP contribution in [0.5, 0.6) is 0 Å². The molecule has 0 fully saturated rings. The van der Waals surface area contributed by atoms with E-state index in [0.717, 1.165) is 6.42 Å². The van der Waals surface area contributed by atoms with Crippen LogP contribution in [0.3, 0.4) is 0 Å². The number of thiocarbonyl (C=S) groups is 1. The Balaban J connectivity index is 4.77. The Morgan fingerprint density at radius 1 is 1.28 bits per heavy atom. The predicted molar refractivity (Wildman–Crippen MR) is 76.1 cm³/mol. The fourth-order valence-electron chi connectivity index (χ4n) is 1.55. The van der Waals surface area contributed by atoms with Gasteiger partial charge in [0.05, 0.1) is 17.5 Å². The van der Waals surface area contributed by atoms with Gasteiger partial charge in [0.1, 0.15) is 0 Å². The molecule has 0 bridgehead atoms. The molecule has 1 atom stereocenters. The van der Waals surface area contributed by atoms with Gasteiger partial charge in [-0.05, 0) is 13.3 Å². The molecule has 0 saturated heterocycles. The molecule has 6 heteroatoms. The van der Waals surface area contributed by atoms with Crippen molar-refractivity contribution in [3.63, 3.8) is 0 Å². The third-order valence-corrected chi connectivity index (χ3v) is 3.02. The average molecular weight is 273 g/mol. The van der Waals surface area contributed by atoms with Gasteiger partial charge in [0.25, 0.3) is 0 Å². The van der Waals surface area contributed by atoms with Crippen LogP contribution in [0, 0.1) is 5.92 Å². The first kappa shape index (κ1) is 16.8. The number of rotatable bonds is 7. The monoisotopic (exact) mass is 273 g/mol. The fourth-order valence-corrected chi connectivity index (χ4v) is 1.77. The van der Waals surface area contributed by atoms with Gasteiger partial charge in [-0.2, -0.15) is 0 Å². The van der Waals surface area contributed by atoms with Crippen LogP contribution in [0.4, 0.5) is 0 Å². The van der Waals surface area contributed by atoms with Crippen molar-refractivity contribution >= 4 is 29.0 Å². The van der Waals surface area contributed by atoms with Crippen molar-refractivity contribution in [3.8, 4) is 0 Å². The second-order valence-electron chi connectivity index (χ2n) is 4.38. The van der Waals surface area contributed by atoms with Crippen LogP contribution in [0.25, 0.3) is 0 Å². The zero-order valence-corrected chi connectivity index (χ0v) is 12.4. The van der Waals surface area contributed by atoms with Crippen molar-refractivity contribution in [1.82, 2.24) is 9.80 Å². The molecule has 0 aromatic rings. The fraction of sp³-hybridized carbons (Fsp3) is 0.750. The van der Waals surface area contributed by atoms with Crippen LogP contribution in [0.2, 0.25) is 0 Å².